The lowest BCUT2D eigenvalue weighted by Gasteiger charge is -2.02. The molecular weight excluding hydrogens is 364 g/mol. The summed E-state index contributed by atoms with van der Waals surface area (Å²) in [5.41, 5.74) is 0. The van der Waals surface area contributed by atoms with Gasteiger partial charge in [-0.3, -0.25) is 0 Å². The maximum absolute atomic E-state index is 5.32. The summed E-state index contributed by atoms with van der Waals surface area (Å²) in [6.45, 7) is 3.92. The minimum Gasteiger partial charge on any atom is -0.356 e. The summed E-state index contributed by atoms with van der Waals surface area (Å²) >= 11 is 3.49. The van der Waals surface area contributed by atoms with Gasteiger partial charge in [0.15, 0.2) is 0 Å². The predicted octanol–water partition coefficient (Wildman–Crippen LogP) is 7.41. The van der Waals surface area contributed by atoms with Crippen molar-refractivity contribution in [1.29, 1.82) is 0 Å². The molecule has 0 amide bonds. The summed E-state index contributed by atoms with van der Waals surface area (Å²) < 4.78 is 10.4. The number of rotatable bonds is 20. The van der Waals surface area contributed by atoms with Crippen molar-refractivity contribution < 1.29 is 9.47 Å². The fraction of sp³-hybridized carbons (Fsp3) is 0.905. The summed E-state index contributed by atoms with van der Waals surface area (Å²) in [4.78, 5) is 0. The number of allylic oxidation sites excluding steroid dienone is 1. The van der Waals surface area contributed by atoms with Gasteiger partial charge in [-0.15, -0.1) is 0 Å². The zero-order chi connectivity index (χ0) is 17.6. The molecule has 0 rings (SSSR count). The van der Waals surface area contributed by atoms with Crippen molar-refractivity contribution in [2.45, 2.75) is 96.8 Å². The Hall–Kier alpha value is 0.140. The van der Waals surface area contributed by atoms with Gasteiger partial charge in [0.2, 0.25) is 0 Å². The molecule has 24 heavy (non-hydrogen) atoms. The fourth-order valence-corrected chi connectivity index (χ4v) is 3.11. The second-order valence-electron chi connectivity index (χ2n) is 6.50. The Morgan fingerprint density at radius 3 is 1.67 bits per heavy atom. The third-order valence-electron chi connectivity index (χ3n) is 4.22. The molecule has 0 aromatic rings. The lowest BCUT2D eigenvalue weighted by atomic mass is 10.0. The van der Waals surface area contributed by atoms with Crippen molar-refractivity contribution in [3.63, 3.8) is 0 Å². The van der Waals surface area contributed by atoms with Crippen molar-refractivity contribution in [1.82, 2.24) is 0 Å². The summed E-state index contributed by atoms with van der Waals surface area (Å²) in [7, 11) is 0. The molecule has 0 saturated heterocycles. The lowest BCUT2D eigenvalue weighted by Crippen LogP contribution is -1.99. The Bertz CT molecular complexity index is 244. The van der Waals surface area contributed by atoms with E-state index in [-0.39, 0.29) is 0 Å². The van der Waals surface area contributed by atoms with Gasteiger partial charge in [-0.05, 0) is 32.6 Å². The third-order valence-corrected chi connectivity index (χ3v) is 4.78. The first-order valence-electron chi connectivity index (χ1n) is 10.3. The zero-order valence-corrected chi connectivity index (χ0v) is 17.7. The summed E-state index contributed by atoms with van der Waals surface area (Å²) in [5.74, 6) is 0. The monoisotopic (exact) mass is 404 g/mol. The minimum absolute atomic E-state index is 0.432. The Morgan fingerprint density at radius 2 is 1.12 bits per heavy atom. The number of unbranched alkanes of at least 4 members (excludes halogenated alkanes) is 12. The topological polar surface area (TPSA) is 18.5 Å². The second kappa shape index (κ2) is 23.1. The number of ether oxygens (including phenoxy) is 2. The summed E-state index contributed by atoms with van der Waals surface area (Å²) in [6, 6.07) is 0. The summed E-state index contributed by atoms with van der Waals surface area (Å²) in [5, 5.41) is 1.17. The Balaban J connectivity index is 3.02. The van der Waals surface area contributed by atoms with Crippen LogP contribution < -0.4 is 0 Å². The molecule has 0 atom stereocenters. The SMILES string of the molecule is CCOCOCCC=CCCCCCCCCCCCCCCBr. The minimum atomic E-state index is 0.432. The molecule has 0 spiro atoms. The van der Waals surface area contributed by atoms with Crippen LogP contribution in [0.2, 0.25) is 0 Å². The van der Waals surface area contributed by atoms with Gasteiger partial charge < -0.3 is 9.47 Å². The largest absolute Gasteiger partial charge is 0.356 e. The molecule has 0 aromatic heterocycles. The Labute approximate surface area is 159 Å². The van der Waals surface area contributed by atoms with Gasteiger partial charge in [0.1, 0.15) is 6.79 Å². The molecule has 0 saturated carbocycles. The molecule has 0 aliphatic rings. The molecule has 0 heterocycles. The first-order chi connectivity index (χ1) is 11.9. The highest BCUT2D eigenvalue weighted by atomic mass is 79.9. The highest BCUT2D eigenvalue weighted by Crippen LogP contribution is 2.12. The van der Waals surface area contributed by atoms with Gasteiger partial charge >= 0.3 is 0 Å². The highest BCUT2D eigenvalue weighted by Gasteiger charge is 1.93. The van der Waals surface area contributed by atoms with E-state index in [1.54, 1.807) is 0 Å². The molecule has 0 aliphatic carbocycles. The average molecular weight is 405 g/mol. The van der Waals surface area contributed by atoms with Crippen molar-refractivity contribution in [3.05, 3.63) is 12.2 Å². The normalized spacial score (nSPS) is 11.6. The predicted molar refractivity (Wildman–Crippen MR) is 110 cm³/mol. The highest BCUT2D eigenvalue weighted by molar-refractivity contribution is 9.09. The van der Waals surface area contributed by atoms with E-state index in [0.717, 1.165) is 19.6 Å². The van der Waals surface area contributed by atoms with Crippen LogP contribution in [0, 0.1) is 0 Å². The van der Waals surface area contributed by atoms with Crippen LogP contribution in [0.3, 0.4) is 0 Å². The number of alkyl halides is 1. The van der Waals surface area contributed by atoms with E-state index in [1.807, 2.05) is 6.92 Å². The molecule has 0 bridgehead atoms. The number of hydrogen-bond acceptors (Lipinski definition) is 2. The maximum Gasteiger partial charge on any atom is 0.146 e. The molecule has 0 fully saturated rings. The van der Waals surface area contributed by atoms with Gasteiger partial charge in [-0.25, -0.2) is 0 Å². The van der Waals surface area contributed by atoms with Gasteiger partial charge in [-0.2, -0.15) is 0 Å². The molecule has 2 nitrogen and oxygen atoms in total. The van der Waals surface area contributed by atoms with Crippen LogP contribution in [0.5, 0.6) is 0 Å². The molecular formula is C21H41BrO2. The van der Waals surface area contributed by atoms with Gasteiger partial charge in [-0.1, -0.05) is 92.3 Å². The quantitative estimate of drug-likeness (QED) is 0.0909. The Kier molecular flexibility index (Phi) is 23.3. The van der Waals surface area contributed by atoms with Crippen LogP contribution in [0.1, 0.15) is 96.8 Å². The maximum atomic E-state index is 5.32. The molecule has 0 radical (unpaired) electrons. The first-order valence-corrected chi connectivity index (χ1v) is 11.4. The summed E-state index contributed by atoms with van der Waals surface area (Å²) in [6.07, 6.45) is 23.7. The smallest absolute Gasteiger partial charge is 0.146 e. The Morgan fingerprint density at radius 1 is 0.625 bits per heavy atom. The van der Waals surface area contributed by atoms with Crippen LogP contribution in [-0.2, 0) is 9.47 Å². The molecule has 0 unspecified atom stereocenters. The van der Waals surface area contributed by atoms with E-state index in [0.29, 0.717) is 6.79 Å². The lowest BCUT2D eigenvalue weighted by molar-refractivity contribution is -0.0476. The third kappa shape index (κ3) is 22.1. The van der Waals surface area contributed by atoms with E-state index in [9.17, 15) is 0 Å². The second-order valence-corrected chi connectivity index (χ2v) is 7.29. The van der Waals surface area contributed by atoms with E-state index < -0.39 is 0 Å². The fourth-order valence-electron chi connectivity index (χ4n) is 2.71. The van der Waals surface area contributed by atoms with Crippen LogP contribution in [-0.4, -0.2) is 25.3 Å². The van der Waals surface area contributed by atoms with Gasteiger partial charge in [0.25, 0.3) is 0 Å². The van der Waals surface area contributed by atoms with Crippen LogP contribution in [0.15, 0.2) is 12.2 Å². The molecule has 144 valence electrons. The van der Waals surface area contributed by atoms with E-state index >= 15 is 0 Å². The van der Waals surface area contributed by atoms with Crippen LogP contribution in [0.25, 0.3) is 0 Å². The van der Waals surface area contributed by atoms with E-state index in [1.165, 1.54) is 88.8 Å². The van der Waals surface area contributed by atoms with Crippen molar-refractivity contribution in [2.24, 2.45) is 0 Å². The number of hydrogen-bond donors (Lipinski definition) is 0. The molecule has 0 aromatic carbocycles. The molecule has 0 N–H and O–H groups in total. The van der Waals surface area contributed by atoms with Crippen molar-refractivity contribution >= 4 is 15.9 Å². The van der Waals surface area contributed by atoms with Crippen molar-refractivity contribution in [3.8, 4) is 0 Å². The van der Waals surface area contributed by atoms with Crippen LogP contribution in [0.4, 0.5) is 0 Å². The van der Waals surface area contributed by atoms with E-state index in [2.05, 4.69) is 28.1 Å². The molecule has 3 heteroatoms. The van der Waals surface area contributed by atoms with Gasteiger partial charge in [0, 0.05) is 11.9 Å². The molecule has 0 aliphatic heterocycles. The van der Waals surface area contributed by atoms with E-state index in [4.69, 9.17) is 9.47 Å². The van der Waals surface area contributed by atoms with Gasteiger partial charge in [0.05, 0.1) is 6.61 Å². The first kappa shape index (κ1) is 24.1. The van der Waals surface area contributed by atoms with Crippen LogP contribution >= 0.6 is 15.9 Å². The zero-order valence-electron chi connectivity index (χ0n) is 16.1. The standard InChI is InChI=1S/C21H41BrO2/c1-2-23-21-24-20-18-16-14-12-10-8-6-4-3-5-7-9-11-13-15-17-19-22/h14,16H,2-13,15,17-21H2,1H3. The average Bonchev–Trinajstić information content (AvgIpc) is 2.60. The van der Waals surface area contributed by atoms with Crippen molar-refractivity contribution in [2.75, 3.05) is 25.3 Å². The number of halogens is 1.